The summed E-state index contributed by atoms with van der Waals surface area (Å²) in [5.41, 5.74) is 1.13. The van der Waals surface area contributed by atoms with E-state index in [1.807, 2.05) is 24.3 Å². The average molecular weight is 455 g/mol. The van der Waals surface area contributed by atoms with Crippen LogP contribution in [0.15, 0.2) is 30.3 Å². The lowest BCUT2D eigenvalue weighted by atomic mass is 9.99. The standard InChI is InChI=1S/C24H34N6OS/c1-18-10-14-30(15-11-18)22-16-21(29-12-4-3-5-13-29)26-23(27-22)28-24(32)25-17-19-6-8-20(31-2)9-7-19/h6-9,16,18H,3-5,10-15,17H2,1-2H3,(H2,25,26,27,28,32). The first-order chi connectivity index (χ1) is 15.6. The smallest absolute Gasteiger partial charge is 0.232 e. The van der Waals surface area contributed by atoms with Crippen LogP contribution in [-0.2, 0) is 6.54 Å². The zero-order valence-corrected chi connectivity index (χ0v) is 20.0. The SMILES string of the molecule is COc1ccc(CNC(=S)Nc2nc(N3CCCCC3)cc(N3CCC(C)CC3)n2)cc1. The molecule has 1 aromatic carbocycles. The van der Waals surface area contributed by atoms with Crippen molar-refractivity contribution >= 4 is 34.9 Å². The van der Waals surface area contributed by atoms with Gasteiger partial charge in [-0.2, -0.15) is 9.97 Å². The van der Waals surface area contributed by atoms with E-state index in [1.165, 1.54) is 32.1 Å². The third-order valence-electron chi connectivity index (χ3n) is 6.32. The quantitative estimate of drug-likeness (QED) is 0.630. The molecule has 32 heavy (non-hydrogen) atoms. The van der Waals surface area contributed by atoms with Crippen LogP contribution in [0, 0.1) is 5.92 Å². The molecule has 2 fully saturated rings. The summed E-state index contributed by atoms with van der Waals surface area (Å²) in [6, 6.07) is 10.1. The minimum atomic E-state index is 0.523. The summed E-state index contributed by atoms with van der Waals surface area (Å²) in [4.78, 5) is 14.4. The van der Waals surface area contributed by atoms with E-state index in [-0.39, 0.29) is 0 Å². The highest BCUT2D eigenvalue weighted by Crippen LogP contribution is 2.27. The lowest BCUT2D eigenvalue weighted by Crippen LogP contribution is -2.35. The van der Waals surface area contributed by atoms with Gasteiger partial charge in [-0.3, -0.25) is 0 Å². The molecule has 0 saturated carbocycles. The van der Waals surface area contributed by atoms with Crippen LogP contribution in [0.4, 0.5) is 17.6 Å². The van der Waals surface area contributed by atoms with Crippen LogP contribution >= 0.6 is 12.2 Å². The lowest BCUT2D eigenvalue weighted by molar-refractivity contribution is 0.414. The fourth-order valence-corrected chi connectivity index (χ4v) is 4.40. The highest BCUT2D eigenvalue weighted by molar-refractivity contribution is 7.80. The lowest BCUT2D eigenvalue weighted by Gasteiger charge is -2.33. The maximum atomic E-state index is 5.54. The molecule has 4 rings (SSSR count). The Morgan fingerprint density at radius 3 is 2.25 bits per heavy atom. The normalized spacial score (nSPS) is 17.2. The second-order valence-electron chi connectivity index (χ2n) is 8.78. The summed E-state index contributed by atoms with van der Waals surface area (Å²) in [6.07, 6.45) is 6.13. The Hall–Kier alpha value is -2.61. The van der Waals surface area contributed by atoms with Gasteiger partial charge in [-0.25, -0.2) is 0 Å². The third-order valence-corrected chi connectivity index (χ3v) is 6.57. The molecule has 2 N–H and O–H groups in total. The number of rotatable bonds is 6. The van der Waals surface area contributed by atoms with E-state index in [9.17, 15) is 0 Å². The van der Waals surface area contributed by atoms with Crippen molar-refractivity contribution in [2.75, 3.05) is 48.4 Å². The molecule has 2 aliphatic heterocycles. The van der Waals surface area contributed by atoms with E-state index in [0.29, 0.717) is 17.6 Å². The van der Waals surface area contributed by atoms with Crippen LogP contribution in [0.3, 0.4) is 0 Å². The maximum absolute atomic E-state index is 5.54. The number of hydrogen-bond donors (Lipinski definition) is 2. The molecule has 0 spiro atoms. The van der Waals surface area contributed by atoms with Crippen LogP contribution in [0.25, 0.3) is 0 Å². The minimum absolute atomic E-state index is 0.523. The predicted octanol–water partition coefficient (Wildman–Crippen LogP) is 4.20. The van der Waals surface area contributed by atoms with Crippen molar-refractivity contribution in [1.82, 2.24) is 15.3 Å². The molecule has 0 bridgehead atoms. The van der Waals surface area contributed by atoms with Gasteiger partial charge < -0.3 is 25.2 Å². The van der Waals surface area contributed by atoms with Crippen LogP contribution in [0.1, 0.15) is 44.6 Å². The van der Waals surface area contributed by atoms with Crippen molar-refractivity contribution in [2.45, 2.75) is 45.6 Å². The van der Waals surface area contributed by atoms with Crippen LogP contribution in [0.2, 0.25) is 0 Å². The summed E-state index contributed by atoms with van der Waals surface area (Å²) in [5, 5.41) is 7.01. The van der Waals surface area contributed by atoms with Gasteiger partial charge in [-0.1, -0.05) is 19.1 Å². The molecule has 0 atom stereocenters. The molecule has 2 saturated heterocycles. The number of piperidine rings is 2. The Kier molecular flexibility index (Phi) is 7.63. The van der Waals surface area contributed by atoms with E-state index in [4.69, 9.17) is 26.9 Å². The molecule has 0 radical (unpaired) electrons. The first-order valence-corrected chi connectivity index (χ1v) is 12.1. The first kappa shape index (κ1) is 22.6. The van der Waals surface area contributed by atoms with E-state index in [2.05, 4.69) is 33.4 Å². The van der Waals surface area contributed by atoms with Crippen molar-refractivity contribution in [1.29, 1.82) is 0 Å². The van der Waals surface area contributed by atoms with Crippen molar-refractivity contribution < 1.29 is 4.74 Å². The van der Waals surface area contributed by atoms with Crippen molar-refractivity contribution in [2.24, 2.45) is 5.92 Å². The van der Waals surface area contributed by atoms with Crippen molar-refractivity contribution in [3.05, 3.63) is 35.9 Å². The minimum Gasteiger partial charge on any atom is -0.497 e. The number of anilines is 3. The van der Waals surface area contributed by atoms with E-state index >= 15 is 0 Å². The zero-order chi connectivity index (χ0) is 22.3. The Morgan fingerprint density at radius 2 is 1.62 bits per heavy atom. The second kappa shape index (κ2) is 10.8. The molecule has 0 unspecified atom stereocenters. The zero-order valence-electron chi connectivity index (χ0n) is 19.1. The Labute approximate surface area is 196 Å². The largest absolute Gasteiger partial charge is 0.497 e. The number of aromatic nitrogens is 2. The van der Waals surface area contributed by atoms with Crippen LogP contribution < -0.4 is 25.2 Å². The van der Waals surface area contributed by atoms with Gasteiger partial charge in [-0.05, 0) is 67.9 Å². The third kappa shape index (κ3) is 6.00. The molecule has 1 aromatic heterocycles. The highest BCUT2D eigenvalue weighted by Gasteiger charge is 2.21. The Morgan fingerprint density at radius 1 is 1.00 bits per heavy atom. The molecule has 172 valence electrons. The molecule has 7 nitrogen and oxygen atoms in total. The van der Waals surface area contributed by atoms with Gasteiger partial charge in [-0.15, -0.1) is 0 Å². The number of thiocarbonyl (C=S) groups is 1. The van der Waals surface area contributed by atoms with Crippen molar-refractivity contribution in [3.8, 4) is 5.75 Å². The van der Waals surface area contributed by atoms with Crippen LogP contribution in [-0.4, -0.2) is 48.4 Å². The number of hydrogen-bond acceptors (Lipinski definition) is 6. The average Bonchev–Trinajstić information content (AvgIpc) is 2.84. The second-order valence-corrected chi connectivity index (χ2v) is 9.19. The van der Waals surface area contributed by atoms with Crippen molar-refractivity contribution in [3.63, 3.8) is 0 Å². The topological polar surface area (TPSA) is 65.6 Å². The van der Waals surface area contributed by atoms with Gasteiger partial charge in [0.1, 0.15) is 17.4 Å². The molecular weight excluding hydrogens is 420 g/mol. The van der Waals surface area contributed by atoms with Crippen LogP contribution in [0.5, 0.6) is 5.75 Å². The number of nitrogens with zero attached hydrogens (tertiary/aromatic N) is 4. The molecule has 0 amide bonds. The number of nitrogens with one attached hydrogen (secondary N) is 2. The molecule has 3 heterocycles. The Bertz CT molecular complexity index is 892. The molecular formula is C24H34N6OS. The monoisotopic (exact) mass is 454 g/mol. The number of ether oxygens (including phenoxy) is 1. The first-order valence-electron chi connectivity index (χ1n) is 11.7. The maximum Gasteiger partial charge on any atom is 0.232 e. The summed E-state index contributed by atoms with van der Waals surface area (Å²) < 4.78 is 5.22. The van der Waals surface area contributed by atoms with E-state index in [1.54, 1.807) is 7.11 Å². The fourth-order valence-electron chi connectivity index (χ4n) is 4.23. The molecule has 0 aliphatic carbocycles. The highest BCUT2D eigenvalue weighted by atomic mass is 32.1. The van der Waals surface area contributed by atoms with Gasteiger partial charge in [0.25, 0.3) is 0 Å². The fraction of sp³-hybridized carbons (Fsp3) is 0.542. The van der Waals surface area contributed by atoms with Gasteiger partial charge in [0.2, 0.25) is 5.95 Å². The predicted molar refractivity (Wildman–Crippen MR) is 135 cm³/mol. The van der Waals surface area contributed by atoms with E-state index in [0.717, 1.165) is 55.0 Å². The summed E-state index contributed by atoms with van der Waals surface area (Å²) in [6.45, 7) is 7.13. The Balaban J connectivity index is 1.45. The molecule has 8 heteroatoms. The van der Waals surface area contributed by atoms with E-state index < -0.39 is 0 Å². The number of methoxy groups -OCH3 is 1. The van der Waals surface area contributed by atoms with Gasteiger partial charge in [0.15, 0.2) is 5.11 Å². The van der Waals surface area contributed by atoms with Gasteiger partial charge in [0.05, 0.1) is 7.11 Å². The summed E-state index contributed by atoms with van der Waals surface area (Å²) in [5.74, 6) is 4.18. The van der Waals surface area contributed by atoms with Gasteiger partial charge >= 0.3 is 0 Å². The summed E-state index contributed by atoms with van der Waals surface area (Å²) in [7, 11) is 1.67. The molecule has 2 aromatic rings. The number of benzene rings is 1. The molecule has 2 aliphatic rings. The summed E-state index contributed by atoms with van der Waals surface area (Å²) >= 11 is 5.54. The van der Waals surface area contributed by atoms with Gasteiger partial charge in [0, 0.05) is 38.8 Å².